The van der Waals surface area contributed by atoms with Gasteiger partial charge in [0, 0.05) is 5.75 Å². The van der Waals surface area contributed by atoms with Crippen LogP contribution in [0.15, 0.2) is 0 Å². The number of Topliss-reactive ketones (excluding diaryl/α,β-unsaturated/α-hetero) is 1. The first kappa shape index (κ1) is 12.8. The predicted octanol–water partition coefficient (Wildman–Crippen LogP) is 1.48. The minimum Gasteiger partial charge on any atom is -0.466 e. The van der Waals surface area contributed by atoms with Gasteiger partial charge in [0.15, 0.2) is 5.78 Å². The Labute approximate surface area is 87.2 Å². The summed E-state index contributed by atoms with van der Waals surface area (Å²) in [4.78, 5) is 21.5. The van der Waals surface area contributed by atoms with Gasteiger partial charge in [-0.05, 0) is 6.92 Å². The Bertz CT molecular complexity index is 173. The van der Waals surface area contributed by atoms with Crippen LogP contribution in [0.25, 0.3) is 0 Å². The van der Waals surface area contributed by atoms with Crippen molar-refractivity contribution in [2.75, 3.05) is 24.0 Å². The Morgan fingerprint density at radius 2 is 2.15 bits per heavy atom. The van der Waals surface area contributed by atoms with E-state index in [1.54, 1.807) is 6.92 Å². The van der Waals surface area contributed by atoms with Gasteiger partial charge >= 0.3 is 5.97 Å². The largest absolute Gasteiger partial charge is 0.466 e. The third-order valence-corrected chi connectivity index (χ3v) is 2.48. The normalized spacial score (nSPS) is 9.69. The molecule has 0 atom stereocenters. The topological polar surface area (TPSA) is 43.4 Å². The van der Waals surface area contributed by atoms with Crippen molar-refractivity contribution in [3.05, 3.63) is 0 Å². The molecule has 0 heterocycles. The van der Waals surface area contributed by atoms with Gasteiger partial charge in [-0.15, -0.1) is 11.6 Å². The number of alkyl halides is 1. The maximum Gasteiger partial charge on any atom is 0.306 e. The van der Waals surface area contributed by atoms with E-state index in [0.29, 0.717) is 24.5 Å². The fourth-order valence-electron chi connectivity index (χ4n) is 0.613. The van der Waals surface area contributed by atoms with Crippen LogP contribution in [0.5, 0.6) is 0 Å². The van der Waals surface area contributed by atoms with Crippen molar-refractivity contribution in [1.29, 1.82) is 0 Å². The molecule has 0 aromatic heterocycles. The highest BCUT2D eigenvalue weighted by atomic mass is 35.5. The van der Waals surface area contributed by atoms with Gasteiger partial charge in [0.05, 0.1) is 24.7 Å². The van der Waals surface area contributed by atoms with E-state index in [1.807, 2.05) is 0 Å². The molecule has 0 bridgehead atoms. The lowest BCUT2D eigenvalue weighted by atomic mass is 10.5. The van der Waals surface area contributed by atoms with Crippen LogP contribution >= 0.6 is 23.4 Å². The van der Waals surface area contributed by atoms with Crippen molar-refractivity contribution < 1.29 is 14.3 Å². The summed E-state index contributed by atoms with van der Waals surface area (Å²) in [6.07, 6.45) is 0.355. The number of rotatable bonds is 7. The number of esters is 1. The number of ether oxygens (including phenoxy) is 1. The van der Waals surface area contributed by atoms with Crippen LogP contribution in [0.1, 0.15) is 13.3 Å². The maximum absolute atomic E-state index is 10.8. The van der Waals surface area contributed by atoms with Gasteiger partial charge in [0.1, 0.15) is 0 Å². The number of hydrogen-bond acceptors (Lipinski definition) is 4. The van der Waals surface area contributed by atoms with Crippen molar-refractivity contribution >= 4 is 35.1 Å². The number of ketones is 1. The van der Waals surface area contributed by atoms with Crippen molar-refractivity contribution in [1.82, 2.24) is 0 Å². The standard InChI is InChI=1S/C8H13ClO3S/c1-2-12-8(11)3-4-13-6-7(10)5-9/h2-6H2,1H3. The van der Waals surface area contributed by atoms with Gasteiger partial charge in [0.25, 0.3) is 0 Å². The molecule has 0 aliphatic carbocycles. The van der Waals surface area contributed by atoms with Crippen LogP contribution < -0.4 is 0 Å². The van der Waals surface area contributed by atoms with Crippen molar-refractivity contribution in [3.63, 3.8) is 0 Å². The van der Waals surface area contributed by atoms with Crippen LogP contribution in [-0.4, -0.2) is 35.7 Å². The van der Waals surface area contributed by atoms with Crippen LogP contribution in [0.4, 0.5) is 0 Å². The Balaban J connectivity index is 3.25. The number of carbonyl (C=O) groups is 2. The van der Waals surface area contributed by atoms with Gasteiger partial charge in [-0.1, -0.05) is 0 Å². The summed E-state index contributed by atoms with van der Waals surface area (Å²) in [7, 11) is 0. The van der Waals surface area contributed by atoms with Gasteiger partial charge < -0.3 is 4.74 Å². The molecule has 5 heteroatoms. The second-order valence-electron chi connectivity index (χ2n) is 2.28. The van der Waals surface area contributed by atoms with Gasteiger partial charge in [-0.25, -0.2) is 0 Å². The maximum atomic E-state index is 10.8. The quantitative estimate of drug-likeness (QED) is 0.373. The zero-order valence-electron chi connectivity index (χ0n) is 7.55. The average molecular weight is 225 g/mol. The summed E-state index contributed by atoms with van der Waals surface area (Å²) < 4.78 is 4.71. The molecule has 13 heavy (non-hydrogen) atoms. The smallest absolute Gasteiger partial charge is 0.306 e. The average Bonchev–Trinajstić information content (AvgIpc) is 2.12. The molecular formula is C8H13ClO3S. The first-order chi connectivity index (χ1) is 6.20. The highest BCUT2D eigenvalue weighted by molar-refractivity contribution is 7.99. The van der Waals surface area contributed by atoms with E-state index in [2.05, 4.69) is 0 Å². The minimum absolute atomic E-state index is 0.00414. The van der Waals surface area contributed by atoms with E-state index in [0.717, 1.165) is 0 Å². The summed E-state index contributed by atoms with van der Waals surface area (Å²) in [6, 6.07) is 0. The van der Waals surface area contributed by atoms with Crippen molar-refractivity contribution in [3.8, 4) is 0 Å². The van der Waals surface area contributed by atoms with Crippen molar-refractivity contribution in [2.24, 2.45) is 0 Å². The van der Waals surface area contributed by atoms with Crippen molar-refractivity contribution in [2.45, 2.75) is 13.3 Å². The van der Waals surface area contributed by atoms with Crippen LogP contribution in [0.2, 0.25) is 0 Å². The molecule has 0 saturated carbocycles. The second kappa shape index (κ2) is 8.38. The van der Waals surface area contributed by atoms with E-state index in [4.69, 9.17) is 16.3 Å². The third kappa shape index (κ3) is 8.12. The number of thioether (sulfide) groups is 1. The molecule has 0 amide bonds. The molecule has 76 valence electrons. The van der Waals surface area contributed by atoms with E-state index in [1.165, 1.54) is 11.8 Å². The number of carbonyl (C=O) groups excluding carboxylic acids is 2. The van der Waals surface area contributed by atoms with E-state index < -0.39 is 0 Å². The second-order valence-corrected chi connectivity index (χ2v) is 3.65. The summed E-state index contributed by atoms with van der Waals surface area (Å²) in [5.41, 5.74) is 0. The van der Waals surface area contributed by atoms with E-state index in [9.17, 15) is 9.59 Å². The number of halogens is 1. The fraction of sp³-hybridized carbons (Fsp3) is 0.750. The molecule has 0 radical (unpaired) electrons. The minimum atomic E-state index is -0.215. The molecule has 0 saturated heterocycles. The van der Waals surface area contributed by atoms with E-state index >= 15 is 0 Å². The highest BCUT2D eigenvalue weighted by Crippen LogP contribution is 2.04. The van der Waals surface area contributed by atoms with Gasteiger partial charge in [0.2, 0.25) is 0 Å². The highest BCUT2D eigenvalue weighted by Gasteiger charge is 2.03. The molecule has 0 spiro atoms. The Morgan fingerprint density at radius 3 is 2.69 bits per heavy atom. The predicted molar refractivity (Wildman–Crippen MR) is 54.3 cm³/mol. The Kier molecular flexibility index (Phi) is 8.24. The molecule has 0 aliphatic rings. The SMILES string of the molecule is CCOC(=O)CCSCC(=O)CCl. The lowest BCUT2D eigenvalue weighted by molar-refractivity contribution is -0.142. The lowest BCUT2D eigenvalue weighted by Crippen LogP contribution is -2.07. The molecule has 0 fully saturated rings. The van der Waals surface area contributed by atoms with Crippen LogP contribution in [0, 0.1) is 0 Å². The Hall–Kier alpha value is -0.220. The molecule has 0 aromatic rings. The molecule has 3 nitrogen and oxygen atoms in total. The zero-order chi connectivity index (χ0) is 10.1. The molecular weight excluding hydrogens is 212 g/mol. The first-order valence-electron chi connectivity index (χ1n) is 4.01. The molecule has 0 aromatic carbocycles. The molecule has 0 unspecified atom stereocenters. The van der Waals surface area contributed by atoms with Gasteiger partial charge in [-0.3, -0.25) is 9.59 Å². The van der Waals surface area contributed by atoms with Crippen LogP contribution in [-0.2, 0) is 14.3 Å². The summed E-state index contributed by atoms with van der Waals surface area (Å²) >= 11 is 6.69. The number of hydrogen-bond donors (Lipinski definition) is 0. The zero-order valence-corrected chi connectivity index (χ0v) is 9.12. The monoisotopic (exact) mass is 224 g/mol. The van der Waals surface area contributed by atoms with E-state index in [-0.39, 0.29) is 17.6 Å². The lowest BCUT2D eigenvalue weighted by Gasteiger charge is -2.00. The fourth-order valence-corrected chi connectivity index (χ4v) is 1.60. The summed E-state index contributed by atoms with van der Waals surface area (Å²) in [5.74, 6) is 0.820. The first-order valence-corrected chi connectivity index (χ1v) is 5.70. The molecule has 0 rings (SSSR count). The summed E-state index contributed by atoms with van der Waals surface area (Å²) in [5, 5.41) is 0. The van der Waals surface area contributed by atoms with Crippen LogP contribution in [0.3, 0.4) is 0 Å². The van der Waals surface area contributed by atoms with Gasteiger partial charge in [-0.2, -0.15) is 11.8 Å². The summed E-state index contributed by atoms with van der Waals surface area (Å²) in [6.45, 7) is 2.17. The molecule has 0 aliphatic heterocycles. The third-order valence-electron chi connectivity index (χ3n) is 1.17. The molecule has 0 N–H and O–H groups in total. The Morgan fingerprint density at radius 1 is 1.46 bits per heavy atom.